The van der Waals surface area contributed by atoms with Gasteiger partial charge in [0.2, 0.25) is 0 Å². The molecule has 68 valence electrons. The Kier molecular flexibility index (Phi) is 19.8. The van der Waals surface area contributed by atoms with Crippen molar-refractivity contribution >= 4 is 21.1 Å². The van der Waals surface area contributed by atoms with Crippen molar-refractivity contribution < 1.29 is 34.0 Å². The summed E-state index contributed by atoms with van der Waals surface area (Å²) in [6, 6.07) is 0. The maximum atomic E-state index is 2.42. The van der Waals surface area contributed by atoms with Crippen molar-refractivity contribution in [1.82, 2.24) is 0 Å². The SMILES string of the molecule is CC[CH](C)[Sn+2][CH](C)CC.[Br-].[Br-]. The smallest absolute Gasteiger partial charge is 1.00 e. The van der Waals surface area contributed by atoms with Crippen LogP contribution < -0.4 is 34.0 Å². The number of halogens is 2. The molecule has 0 radical (unpaired) electrons. The molecule has 0 fully saturated rings. The minimum Gasteiger partial charge on any atom is -1.00 e. The van der Waals surface area contributed by atoms with Gasteiger partial charge < -0.3 is 34.0 Å². The fourth-order valence-electron chi connectivity index (χ4n) is 0.721. The van der Waals surface area contributed by atoms with E-state index in [0.29, 0.717) is 0 Å². The van der Waals surface area contributed by atoms with Gasteiger partial charge in [0.15, 0.2) is 0 Å². The Morgan fingerprint density at radius 3 is 1.36 bits per heavy atom. The Morgan fingerprint density at radius 2 is 1.18 bits per heavy atom. The summed E-state index contributed by atoms with van der Waals surface area (Å²) < 4.78 is 2.20. The molecule has 0 rings (SSSR count). The van der Waals surface area contributed by atoms with Crippen LogP contribution in [0, 0.1) is 0 Å². The fraction of sp³-hybridized carbons (Fsp3) is 1.00. The molecular weight excluding hydrogens is 375 g/mol. The van der Waals surface area contributed by atoms with E-state index in [4.69, 9.17) is 0 Å². The second-order valence-electron chi connectivity index (χ2n) is 2.79. The average molecular weight is 393 g/mol. The first kappa shape index (κ1) is 18.5. The van der Waals surface area contributed by atoms with E-state index in [1.165, 1.54) is 12.8 Å². The Bertz CT molecular complexity index is 61.1. The van der Waals surface area contributed by atoms with Gasteiger partial charge in [-0.1, -0.05) is 0 Å². The molecule has 0 amide bonds. The molecule has 0 saturated carbocycles. The van der Waals surface area contributed by atoms with E-state index < -0.39 is 0 Å². The Balaban J connectivity index is -0.000000320. The van der Waals surface area contributed by atoms with Crippen molar-refractivity contribution in [3.05, 3.63) is 0 Å². The number of rotatable bonds is 4. The first-order valence-electron chi connectivity index (χ1n) is 3.96. The normalized spacial score (nSPS) is 13.5. The largest absolute Gasteiger partial charge is 1.00 e. The van der Waals surface area contributed by atoms with Gasteiger partial charge in [0.25, 0.3) is 0 Å². The molecule has 0 aliphatic heterocycles. The van der Waals surface area contributed by atoms with Gasteiger partial charge >= 0.3 is 69.5 Å². The van der Waals surface area contributed by atoms with Crippen LogP contribution in [0.3, 0.4) is 0 Å². The topological polar surface area (TPSA) is 0 Å². The summed E-state index contributed by atoms with van der Waals surface area (Å²) in [5.74, 6) is 0. The number of hydrogen-bond donors (Lipinski definition) is 0. The second kappa shape index (κ2) is 11.8. The molecule has 2 atom stereocenters. The van der Waals surface area contributed by atoms with Crippen LogP contribution >= 0.6 is 0 Å². The Morgan fingerprint density at radius 1 is 0.909 bits per heavy atom. The summed E-state index contributed by atoms with van der Waals surface area (Å²) in [5.41, 5.74) is 0. The Labute approximate surface area is 103 Å². The average Bonchev–Trinajstić information content (AvgIpc) is 1.87. The molecular formula is C8H18Br2Sn. The van der Waals surface area contributed by atoms with Gasteiger partial charge in [-0.2, -0.15) is 0 Å². The molecule has 0 heterocycles. The van der Waals surface area contributed by atoms with E-state index in [0.717, 1.165) is 7.87 Å². The van der Waals surface area contributed by atoms with E-state index in [1.807, 2.05) is 0 Å². The van der Waals surface area contributed by atoms with Crippen LogP contribution in [0.25, 0.3) is 0 Å². The van der Waals surface area contributed by atoms with Crippen molar-refractivity contribution in [3.8, 4) is 0 Å². The number of hydrogen-bond acceptors (Lipinski definition) is 0. The molecule has 11 heavy (non-hydrogen) atoms. The van der Waals surface area contributed by atoms with Crippen molar-refractivity contribution in [2.24, 2.45) is 0 Å². The van der Waals surface area contributed by atoms with E-state index >= 15 is 0 Å². The van der Waals surface area contributed by atoms with Gasteiger partial charge in [-0.15, -0.1) is 0 Å². The standard InChI is InChI=1S/2C4H9.2BrH.Sn/c2*1-3-4-2;;;/h2*3H,4H2,1-2H3;2*1H;/q;;;;+2/p-2. The molecule has 0 aromatic carbocycles. The van der Waals surface area contributed by atoms with Crippen LogP contribution in [-0.2, 0) is 0 Å². The summed E-state index contributed by atoms with van der Waals surface area (Å²) in [4.78, 5) is 0. The molecule has 0 nitrogen and oxygen atoms in total. The van der Waals surface area contributed by atoms with E-state index in [1.54, 1.807) is 0 Å². The zero-order chi connectivity index (χ0) is 7.28. The van der Waals surface area contributed by atoms with Crippen molar-refractivity contribution in [2.45, 2.75) is 48.4 Å². The van der Waals surface area contributed by atoms with Gasteiger partial charge in [-0.05, 0) is 0 Å². The third-order valence-corrected chi connectivity index (χ3v) is 7.37. The second-order valence-corrected chi connectivity index (χ2v) is 9.36. The molecule has 0 aliphatic rings. The summed E-state index contributed by atoms with van der Waals surface area (Å²) in [6.07, 6.45) is 2.83. The van der Waals surface area contributed by atoms with Gasteiger partial charge in [0, 0.05) is 0 Å². The van der Waals surface area contributed by atoms with Gasteiger partial charge in [0.05, 0.1) is 0 Å². The van der Waals surface area contributed by atoms with Crippen LogP contribution in [0.2, 0.25) is 7.87 Å². The molecule has 0 aromatic heterocycles. The van der Waals surface area contributed by atoms with E-state index in [-0.39, 0.29) is 55.1 Å². The molecule has 0 N–H and O–H groups in total. The molecule has 0 aromatic rings. The van der Waals surface area contributed by atoms with Gasteiger partial charge in [-0.3, -0.25) is 0 Å². The van der Waals surface area contributed by atoms with Crippen LogP contribution in [-0.4, -0.2) is 21.1 Å². The molecule has 2 unspecified atom stereocenters. The molecule has 0 aliphatic carbocycles. The van der Waals surface area contributed by atoms with Crippen LogP contribution in [0.15, 0.2) is 0 Å². The van der Waals surface area contributed by atoms with E-state index in [9.17, 15) is 0 Å². The zero-order valence-corrected chi connectivity index (χ0v) is 13.9. The maximum Gasteiger partial charge on any atom is -1.00 e. The fourth-order valence-corrected chi connectivity index (χ4v) is 4.84. The zero-order valence-electron chi connectivity index (χ0n) is 7.82. The quantitative estimate of drug-likeness (QED) is 0.452. The van der Waals surface area contributed by atoms with Crippen molar-refractivity contribution in [2.75, 3.05) is 0 Å². The van der Waals surface area contributed by atoms with Crippen LogP contribution in [0.5, 0.6) is 0 Å². The minimum absolute atomic E-state index is 0. The minimum atomic E-state index is 0. The first-order valence-corrected chi connectivity index (χ1v) is 7.26. The van der Waals surface area contributed by atoms with Crippen molar-refractivity contribution in [3.63, 3.8) is 0 Å². The molecule has 0 bridgehead atoms. The summed E-state index contributed by atoms with van der Waals surface area (Å²) in [7, 11) is 0. The maximum absolute atomic E-state index is 2.42. The molecule has 3 heteroatoms. The van der Waals surface area contributed by atoms with Gasteiger partial charge in [0.1, 0.15) is 0 Å². The summed E-state index contributed by atoms with van der Waals surface area (Å²) >= 11 is 0.00250. The van der Waals surface area contributed by atoms with Gasteiger partial charge in [-0.25, -0.2) is 0 Å². The summed E-state index contributed by atoms with van der Waals surface area (Å²) in [6.45, 7) is 9.46. The molecule has 0 spiro atoms. The van der Waals surface area contributed by atoms with E-state index in [2.05, 4.69) is 27.7 Å². The third kappa shape index (κ3) is 11.8. The molecule has 0 saturated heterocycles. The summed E-state index contributed by atoms with van der Waals surface area (Å²) in [5, 5.41) is 0. The monoisotopic (exact) mass is 392 g/mol. The van der Waals surface area contributed by atoms with Crippen LogP contribution in [0.4, 0.5) is 0 Å². The third-order valence-electron chi connectivity index (χ3n) is 1.79. The predicted octanol–water partition coefficient (Wildman–Crippen LogP) is -2.86. The van der Waals surface area contributed by atoms with Crippen LogP contribution in [0.1, 0.15) is 40.5 Å². The first-order chi connectivity index (χ1) is 4.20. The Hall–Kier alpha value is 1.76. The predicted molar refractivity (Wildman–Crippen MR) is 45.2 cm³/mol. The van der Waals surface area contributed by atoms with Crippen molar-refractivity contribution in [1.29, 1.82) is 0 Å².